The van der Waals surface area contributed by atoms with E-state index in [4.69, 9.17) is 9.47 Å². The minimum atomic E-state index is -0.881. The van der Waals surface area contributed by atoms with Crippen molar-refractivity contribution in [2.45, 2.75) is 6.42 Å². The Hall–Kier alpha value is -2.15. The van der Waals surface area contributed by atoms with E-state index in [0.29, 0.717) is 37.6 Å². The van der Waals surface area contributed by atoms with Crippen molar-refractivity contribution in [2.24, 2.45) is 11.3 Å². The molecule has 1 aromatic heterocycles. The van der Waals surface area contributed by atoms with E-state index in [-0.39, 0.29) is 18.4 Å². The van der Waals surface area contributed by atoms with E-state index >= 15 is 0 Å². The van der Waals surface area contributed by atoms with Crippen LogP contribution in [0.15, 0.2) is 18.3 Å². The van der Waals surface area contributed by atoms with E-state index < -0.39 is 11.4 Å². The third-order valence-corrected chi connectivity index (χ3v) is 4.61. The monoisotopic (exact) mass is 306 g/mol. The Kier molecular flexibility index (Phi) is 3.74. The van der Waals surface area contributed by atoms with Gasteiger partial charge in [0.05, 0.1) is 24.7 Å². The van der Waals surface area contributed by atoms with Gasteiger partial charge in [-0.1, -0.05) is 0 Å². The number of hydrogen-bond acceptors (Lipinski definition) is 5. The molecule has 0 unspecified atom stereocenters. The summed E-state index contributed by atoms with van der Waals surface area (Å²) in [5.74, 6) is -0.773. The number of aromatic nitrogens is 1. The van der Waals surface area contributed by atoms with Crippen molar-refractivity contribution in [1.82, 2.24) is 9.88 Å². The fourth-order valence-corrected chi connectivity index (χ4v) is 3.26. The zero-order valence-corrected chi connectivity index (χ0v) is 12.3. The minimum absolute atomic E-state index is 0.158. The number of aliphatic carboxylic acids is 1. The maximum atomic E-state index is 12.6. The lowest BCUT2D eigenvalue weighted by molar-refractivity contribution is -0.157. The Morgan fingerprint density at radius 1 is 1.50 bits per heavy atom. The van der Waals surface area contributed by atoms with Crippen LogP contribution in [-0.2, 0) is 9.53 Å². The largest absolute Gasteiger partial charge is 0.481 e. The molecule has 0 aliphatic carbocycles. The summed E-state index contributed by atoms with van der Waals surface area (Å²) in [7, 11) is 1.51. The van der Waals surface area contributed by atoms with Crippen LogP contribution in [0.1, 0.15) is 16.8 Å². The molecule has 0 bridgehead atoms. The second kappa shape index (κ2) is 5.57. The van der Waals surface area contributed by atoms with Crippen LogP contribution in [0.3, 0.4) is 0 Å². The lowest BCUT2D eigenvalue weighted by atomic mass is 9.74. The van der Waals surface area contributed by atoms with Gasteiger partial charge in [-0.25, -0.2) is 4.98 Å². The molecule has 2 atom stereocenters. The fourth-order valence-electron chi connectivity index (χ4n) is 3.26. The number of nitrogens with zero attached hydrogens (tertiary/aromatic N) is 2. The molecule has 7 heteroatoms. The Balaban J connectivity index is 1.80. The first-order valence-corrected chi connectivity index (χ1v) is 7.17. The van der Waals surface area contributed by atoms with Crippen LogP contribution in [0.4, 0.5) is 0 Å². The molecule has 0 saturated carbocycles. The normalized spacial score (nSPS) is 27.3. The van der Waals surface area contributed by atoms with Crippen LogP contribution in [0.2, 0.25) is 0 Å². The number of carboxylic acids is 1. The number of pyridine rings is 1. The number of fused-ring (bicyclic) bond motifs is 1. The first-order valence-electron chi connectivity index (χ1n) is 7.17. The number of carbonyl (C=O) groups is 2. The van der Waals surface area contributed by atoms with Gasteiger partial charge in [0.15, 0.2) is 0 Å². The summed E-state index contributed by atoms with van der Waals surface area (Å²) in [5, 5.41) is 9.62. The summed E-state index contributed by atoms with van der Waals surface area (Å²) in [4.78, 5) is 29.9. The highest BCUT2D eigenvalue weighted by molar-refractivity contribution is 5.95. The Morgan fingerprint density at radius 2 is 2.32 bits per heavy atom. The molecule has 2 saturated heterocycles. The van der Waals surface area contributed by atoms with Crippen molar-refractivity contribution in [3.8, 4) is 5.88 Å². The van der Waals surface area contributed by atoms with E-state index in [0.717, 1.165) is 0 Å². The highest BCUT2D eigenvalue weighted by Gasteiger charge is 2.54. The number of ether oxygens (including phenoxy) is 2. The molecule has 7 nitrogen and oxygen atoms in total. The molecule has 118 valence electrons. The summed E-state index contributed by atoms with van der Waals surface area (Å²) < 4.78 is 10.4. The molecule has 1 N–H and O–H groups in total. The van der Waals surface area contributed by atoms with Gasteiger partial charge in [-0.05, 0) is 12.5 Å². The van der Waals surface area contributed by atoms with Crippen molar-refractivity contribution in [2.75, 3.05) is 33.4 Å². The van der Waals surface area contributed by atoms with Crippen molar-refractivity contribution in [3.63, 3.8) is 0 Å². The first-order chi connectivity index (χ1) is 10.6. The summed E-state index contributed by atoms with van der Waals surface area (Å²) in [6, 6.07) is 3.26. The van der Waals surface area contributed by atoms with Gasteiger partial charge < -0.3 is 19.5 Å². The molecule has 3 rings (SSSR count). The van der Waals surface area contributed by atoms with E-state index in [9.17, 15) is 14.7 Å². The van der Waals surface area contributed by atoms with Gasteiger partial charge in [-0.2, -0.15) is 0 Å². The zero-order valence-electron chi connectivity index (χ0n) is 12.3. The highest BCUT2D eigenvalue weighted by atomic mass is 16.5. The molecular formula is C15H18N2O5. The maximum Gasteiger partial charge on any atom is 0.311 e. The van der Waals surface area contributed by atoms with Crippen molar-refractivity contribution in [1.29, 1.82) is 0 Å². The Labute approximate surface area is 127 Å². The topological polar surface area (TPSA) is 89.0 Å². The summed E-state index contributed by atoms with van der Waals surface area (Å²) >= 11 is 0. The number of likely N-dealkylation sites (tertiary alicyclic amines) is 1. The number of hydrogen-bond donors (Lipinski definition) is 1. The van der Waals surface area contributed by atoms with Gasteiger partial charge >= 0.3 is 5.97 Å². The van der Waals surface area contributed by atoms with Crippen LogP contribution in [0, 0.1) is 11.3 Å². The number of rotatable bonds is 3. The first kappa shape index (κ1) is 14.8. The van der Waals surface area contributed by atoms with Gasteiger partial charge in [0.25, 0.3) is 5.91 Å². The van der Waals surface area contributed by atoms with Crippen molar-refractivity contribution in [3.05, 3.63) is 23.9 Å². The standard InChI is InChI=1S/C15H18N2O5/c1-21-12-3-2-10(6-16-12)13(18)17-7-11-8-22-5-4-15(11,9-17)14(19)20/h2-3,6,11H,4-5,7-9H2,1H3,(H,19,20)/t11-,15+/m0/s1. The van der Waals surface area contributed by atoms with Crippen LogP contribution in [0.5, 0.6) is 5.88 Å². The van der Waals surface area contributed by atoms with Gasteiger partial charge in [-0.15, -0.1) is 0 Å². The molecule has 3 heterocycles. The lowest BCUT2D eigenvalue weighted by Gasteiger charge is -2.33. The summed E-state index contributed by atoms with van der Waals surface area (Å²) in [6.07, 6.45) is 1.89. The Morgan fingerprint density at radius 3 is 2.91 bits per heavy atom. The molecule has 0 radical (unpaired) electrons. The zero-order chi connectivity index (χ0) is 15.7. The van der Waals surface area contributed by atoms with Crippen molar-refractivity contribution < 1.29 is 24.2 Å². The predicted molar refractivity (Wildman–Crippen MR) is 75.7 cm³/mol. The third-order valence-electron chi connectivity index (χ3n) is 4.61. The predicted octanol–water partition coefficient (Wildman–Crippen LogP) is 0.653. The quantitative estimate of drug-likeness (QED) is 0.882. The molecular weight excluding hydrogens is 288 g/mol. The molecule has 1 amide bonds. The smallest absolute Gasteiger partial charge is 0.311 e. The second-order valence-corrected chi connectivity index (χ2v) is 5.76. The van der Waals surface area contributed by atoms with Gasteiger partial charge in [0, 0.05) is 37.9 Å². The average Bonchev–Trinajstić information content (AvgIpc) is 2.95. The Bertz CT molecular complexity index is 588. The van der Waals surface area contributed by atoms with Gasteiger partial charge in [0.1, 0.15) is 0 Å². The van der Waals surface area contributed by atoms with Crippen LogP contribution >= 0.6 is 0 Å². The SMILES string of the molecule is COc1ccc(C(=O)N2C[C@H]3COCC[C@@]3(C(=O)O)C2)cn1. The average molecular weight is 306 g/mol. The minimum Gasteiger partial charge on any atom is -0.481 e. The van der Waals surface area contributed by atoms with E-state index in [2.05, 4.69) is 4.98 Å². The molecule has 1 aromatic rings. The van der Waals surface area contributed by atoms with E-state index in [1.165, 1.54) is 13.3 Å². The highest BCUT2D eigenvalue weighted by Crippen LogP contribution is 2.42. The van der Waals surface area contributed by atoms with Crippen molar-refractivity contribution >= 4 is 11.9 Å². The summed E-state index contributed by atoms with van der Waals surface area (Å²) in [6.45, 7) is 1.43. The van der Waals surface area contributed by atoms with E-state index in [1.807, 2.05) is 0 Å². The molecule has 0 aromatic carbocycles. The maximum absolute atomic E-state index is 12.6. The molecule has 2 fully saturated rings. The second-order valence-electron chi connectivity index (χ2n) is 5.76. The summed E-state index contributed by atoms with van der Waals surface area (Å²) in [5.41, 5.74) is -0.450. The van der Waals surface area contributed by atoms with Gasteiger partial charge in [-0.3, -0.25) is 9.59 Å². The molecule has 22 heavy (non-hydrogen) atoms. The number of carbonyl (C=O) groups excluding carboxylic acids is 1. The van der Waals surface area contributed by atoms with E-state index in [1.54, 1.807) is 17.0 Å². The van der Waals surface area contributed by atoms with Crippen LogP contribution in [-0.4, -0.2) is 60.3 Å². The molecule has 2 aliphatic rings. The number of methoxy groups -OCH3 is 1. The molecule has 0 spiro atoms. The van der Waals surface area contributed by atoms with Crippen LogP contribution < -0.4 is 4.74 Å². The number of carboxylic acid groups (broad SMARTS) is 1. The fraction of sp³-hybridized carbons (Fsp3) is 0.533. The third kappa shape index (κ3) is 2.31. The van der Waals surface area contributed by atoms with Crippen LogP contribution in [0.25, 0.3) is 0 Å². The lowest BCUT2D eigenvalue weighted by Crippen LogP contribution is -2.45. The number of amides is 1. The van der Waals surface area contributed by atoms with Gasteiger partial charge in [0.2, 0.25) is 5.88 Å². The molecule has 2 aliphatic heterocycles.